The first kappa shape index (κ1) is 22.5. The predicted octanol–water partition coefficient (Wildman–Crippen LogP) is 3.79. The monoisotopic (exact) mass is 429 g/mol. The van der Waals surface area contributed by atoms with Crippen LogP contribution in [0.1, 0.15) is 44.7 Å². The summed E-state index contributed by atoms with van der Waals surface area (Å²) < 4.78 is 5.33. The maximum absolute atomic E-state index is 12.5. The highest BCUT2D eigenvalue weighted by molar-refractivity contribution is 5.94. The molecule has 2 N–H and O–H groups in total. The van der Waals surface area contributed by atoms with Gasteiger partial charge in [-0.3, -0.25) is 9.59 Å². The standard InChI is InChI=1S/C25H23N3O4/c1-16-21(17(2)27-24(30)22(16)14-26)11-12-23(29)28-20-10-6-9-19(13-20)25(31)32-15-18-7-4-3-5-8-18/h3-10,13H,11-12,15H2,1-2H3,(H,27,30)(H,28,29). The lowest BCUT2D eigenvalue weighted by atomic mass is 9.99. The highest BCUT2D eigenvalue weighted by atomic mass is 16.5. The molecule has 7 heteroatoms. The molecule has 1 aromatic heterocycles. The van der Waals surface area contributed by atoms with Gasteiger partial charge in [0.2, 0.25) is 5.91 Å². The lowest BCUT2D eigenvalue weighted by molar-refractivity contribution is -0.116. The van der Waals surface area contributed by atoms with Gasteiger partial charge in [0, 0.05) is 17.8 Å². The quantitative estimate of drug-likeness (QED) is 0.555. The van der Waals surface area contributed by atoms with Gasteiger partial charge in [0.05, 0.1) is 5.56 Å². The number of aryl methyl sites for hydroxylation is 1. The molecule has 162 valence electrons. The van der Waals surface area contributed by atoms with Crippen LogP contribution in [0, 0.1) is 25.2 Å². The van der Waals surface area contributed by atoms with Crippen LogP contribution in [0.15, 0.2) is 59.4 Å². The maximum atomic E-state index is 12.5. The summed E-state index contributed by atoms with van der Waals surface area (Å²) in [5, 5.41) is 12.0. The third-order valence-corrected chi connectivity index (χ3v) is 5.12. The molecule has 3 rings (SSSR count). The van der Waals surface area contributed by atoms with Crippen LogP contribution >= 0.6 is 0 Å². The minimum Gasteiger partial charge on any atom is -0.457 e. The summed E-state index contributed by atoms with van der Waals surface area (Å²) in [6, 6.07) is 17.8. The summed E-state index contributed by atoms with van der Waals surface area (Å²) in [7, 11) is 0. The van der Waals surface area contributed by atoms with Gasteiger partial charge in [0.15, 0.2) is 0 Å². The van der Waals surface area contributed by atoms with Crippen LogP contribution in [-0.4, -0.2) is 16.9 Å². The molecule has 0 atom stereocenters. The third kappa shape index (κ3) is 5.49. The summed E-state index contributed by atoms with van der Waals surface area (Å²) in [5.74, 6) is -0.725. The number of amides is 1. The SMILES string of the molecule is Cc1[nH]c(=O)c(C#N)c(C)c1CCC(=O)Nc1cccc(C(=O)OCc2ccccc2)c1. The number of H-pyrrole nitrogens is 1. The van der Waals surface area contributed by atoms with Gasteiger partial charge in [-0.15, -0.1) is 0 Å². The van der Waals surface area contributed by atoms with Crippen LogP contribution in [0.5, 0.6) is 0 Å². The van der Waals surface area contributed by atoms with Crippen molar-refractivity contribution in [3.05, 3.63) is 98.5 Å². The molecule has 0 aliphatic rings. The number of hydrogen-bond donors (Lipinski definition) is 2. The minimum atomic E-state index is -0.478. The second-order valence-corrected chi connectivity index (χ2v) is 7.36. The fourth-order valence-corrected chi connectivity index (χ4v) is 3.41. The molecule has 0 radical (unpaired) electrons. The Balaban J connectivity index is 1.61. The van der Waals surface area contributed by atoms with E-state index in [1.54, 1.807) is 38.1 Å². The van der Waals surface area contributed by atoms with Crippen molar-refractivity contribution in [1.29, 1.82) is 5.26 Å². The van der Waals surface area contributed by atoms with Crippen molar-refractivity contribution in [2.75, 3.05) is 5.32 Å². The number of benzene rings is 2. The molecule has 0 saturated heterocycles. The molecule has 1 amide bonds. The zero-order valence-electron chi connectivity index (χ0n) is 17.9. The number of anilines is 1. The first-order chi connectivity index (χ1) is 15.4. The smallest absolute Gasteiger partial charge is 0.338 e. The van der Waals surface area contributed by atoms with E-state index in [-0.39, 0.29) is 24.5 Å². The fraction of sp³-hybridized carbons (Fsp3) is 0.200. The fourth-order valence-electron chi connectivity index (χ4n) is 3.41. The van der Waals surface area contributed by atoms with E-state index in [1.807, 2.05) is 36.4 Å². The van der Waals surface area contributed by atoms with E-state index in [0.29, 0.717) is 28.9 Å². The molecule has 0 aliphatic carbocycles. The number of carbonyl (C=O) groups excluding carboxylic acids is 2. The highest BCUT2D eigenvalue weighted by Crippen LogP contribution is 2.17. The molecule has 0 aliphatic heterocycles. The molecule has 1 heterocycles. The number of pyridine rings is 1. The number of rotatable bonds is 7. The molecule has 0 spiro atoms. The third-order valence-electron chi connectivity index (χ3n) is 5.12. The Kier molecular flexibility index (Phi) is 7.19. The van der Waals surface area contributed by atoms with Gasteiger partial charge in [-0.1, -0.05) is 36.4 Å². The van der Waals surface area contributed by atoms with Crippen molar-refractivity contribution in [1.82, 2.24) is 4.98 Å². The van der Waals surface area contributed by atoms with Gasteiger partial charge >= 0.3 is 5.97 Å². The first-order valence-corrected chi connectivity index (χ1v) is 10.1. The van der Waals surface area contributed by atoms with Crippen molar-refractivity contribution in [3.63, 3.8) is 0 Å². The Morgan fingerprint density at radius 1 is 1.09 bits per heavy atom. The van der Waals surface area contributed by atoms with Crippen molar-refractivity contribution < 1.29 is 14.3 Å². The molecule has 32 heavy (non-hydrogen) atoms. The van der Waals surface area contributed by atoms with Crippen molar-refractivity contribution in [2.24, 2.45) is 0 Å². The topological polar surface area (TPSA) is 112 Å². The summed E-state index contributed by atoms with van der Waals surface area (Å²) in [5.41, 5.74) is 3.35. The Morgan fingerprint density at radius 2 is 1.84 bits per heavy atom. The summed E-state index contributed by atoms with van der Waals surface area (Å²) in [6.07, 6.45) is 0.523. The zero-order valence-corrected chi connectivity index (χ0v) is 17.9. The van der Waals surface area contributed by atoms with Crippen molar-refractivity contribution >= 4 is 17.6 Å². The van der Waals surface area contributed by atoms with Gasteiger partial charge < -0.3 is 15.0 Å². The van der Waals surface area contributed by atoms with Crippen LogP contribution in [0.3, 0.4) is 0 Å². The highest BCUT2D eigenvalue weighted by Gasteiger charge is 2.14. The Hall–Kier alpha value is -4.18. The van der Waals surface area contributed by atoms with Crippen molar-refractivity contribution in [3.8, 4) is 6.07 Å². The van der Waals surface area contributed by atoms with Crippen LogP contribution in [0.2, 0.25) is 0 Å². The van der Waals surface area contributed by atoms with E-state index >= 15 is 0 Å². The molecule has 0 fully saturated rings. The van der Waals surface area contributed by atoms with Gasteiger partial charge in [-0.05, 0) is 55.2 Å². The number of aromatic amines is 1. The lowest BCUT2D eigenvalue weighted by Gasteiger charge is -2.11. The van der Waals surface area contributed by atoms with E-state index in [2.05, 4.69) is 10.3 Å². The number of esters is 1. The van der Waals surface area contributed by atoms with E-state index < -0.39 is 11.5 Å². The average molecular weight is 429 g/mol. The molecular weight excluding hydrogens is 406 g/mol. The van der Waals surface area contributed by atoms with Crippen molar-refractivity contribution in [2.45, 2.75) is 33.3 Å². The Morgan fingerprint density at radius 3 is 2.56 bits per heavy atom. The van der Waals surface area contributed by atoms with E-state index in [9.17, 15) is 19.6 Å². The predicted molar refractivity (Wildman–Crippen MR) is 120 cm³/mol. The number of nitriles is 1. The maximum Gasteiger partial charge on any atom is 0.338 e. The van der Waals surface area contributed by atoms with Crippen LogP contribution in [0.25, 0.3) is 0 Å². The number of hydrogen-bond acceptors (Lipinski definition) is 5. The molecular formula is C25H23N3O4. The summed E-state index contributed by atoms with van der Waals surface area (Å²) >= 11 is 0. The van der Waals surface area contributed by atoms with Gasteiger partial charge in [-0.2, -0.15) is 5.26 Å². The molecule has 2 aromatic carbocycles. The Labute approximate surface area is 185 Å². The molecule has 0 unspecified atom stereocenters. The summed E-state index contributed by atoms with van der Waals surface area (Å²) in [6.45, 7) is 3.62. The largest absolute Gasteiger partial charge is 0.457 e. The minimum absolute atomic E-state index is 0.0627. The number of carbonyl (C=O) groups is 2. The number of ether oxygens (including phenoxy) is 1. The van der Waals surface area contributed by atoms with E-state index in [0.717, 1.165) is 11.1 Å². The molecule has 0 bridgehead atoms. The lowest BCUT2D eigenvalue weighted by Crippen LogP contribution is -2.18. The Bertz CT molecular complexity index is 1240. The van der Waals surface area contributed by atoms with E-state index in [1.165, 1.54) is 0 Å². The number of nitrogens with zero attached hydrogens (tertiary/aromatic N) is 1. The second kappa shape index (κ2) is 10.2. The normalized spacial score (nSPS) is 10.3. The van der Waals surface area contributed by atoms with Crippen LogP contribution in [-0.2, 0) is 22.6 Å². The van der Waals surface area contributed by atoms with Gasteiger partial charge in [0.25, 0.3) is 5.56 Å². The van der Waals surface area contributed by atoms with E-state index in [4.69, 9.17) is 4.74 Å². The average Bonchev–Trinajstić information content (AvgIpc) is 2.78. The molecule has 0 saturated carbocycles. The zero-order chi connectivity index (χ0) is 23.1. The van der Waals surface area contributed by atoms with Gasteiger partial charge in [-0.25, -0.2) is 4.79 Å². The summed E-state index contributed by atoms with van der Waals surface area (Å²) in [4.78, 5) is 39.3. The molecule has 3 aromatic rings. The molecule has 7 nitrogen and oxygen atoms in total. The second-order valence-electron chi connectivity index (χ2n) is 7.36. The van der Waals surface area contributed by atoms with Crippen LogP contribution < -0.4 is 10.9 Å². The number of aromatic nitrogens is 1. The first-order valence-electron chi connectivity index (χ1n) is 10.1. The number of nitrogens with one attached hydrogen (secondary N) is 2. The van der Waals surface area contributed by atoms with Crippen LogP contribution in [0.4, 0.5) is 5.69 Å². The van der Waals surface area contributed by atoms with Gasteiger partial charge in [0.1, 0.15) is 18.2 Å².